The molecule has 8 heteroatoms. The van der Waals surface area contributed by atoms with E-state index >= 15 is 0 Å². The average molecular weight is 449 g/mol. The van der Waals surface area contributed by atoms with Crippen LogP contribution in [0.1, 0.15) is 23.0 Å². The molecule has 2 amide bonds. The average Bonchev–Trinajstić information content (AvgIpc) is 3.40. The van der Waals surface area contributed by atoms with E-state index in [2.05, 4.69) is 21.7 Å². The minimum atomic E-state index is -0.692. The Morgan fingerprint density at radius 2 is 1.79 bits per heavy atom. The summed E-state index contributed by atoms with van der Waals surface area (Å²) < 4.78 is 12.6. The summed E-state index contributed by atoms with van der Waals surface area (Å²) in [5.74, 6) is 0.688. The number of H-pyrrole nitrogens is 1. The van der Waals surface area contributed by atoms with Gasteiger partial charge in [0.05, 0.1) is 19.7 Å². The van der Waals surface area contributed by atoms with Crippen LogP contribution in [0.25, 0.3) is 21.8 Å². The number of methoxy groups -OCH3 is 2. The van der Waals surface area contributed by atoms with Crippen LogP contribution in [0.15, 0.2) is 48.7 Å². The second-order valence-corrected chi connectivity index (χ2v) is 7.92. The van der Waals surface area contributed by atoms with Crippen molar-refractivity contribution in [1.82, 2.24) is 20.2 Å². The van der Waals surface area contributed by atoms with Crippen molar-refractivity contribution in [3.8, 4) is 11.5 Å². The van der Waals surface area contributed by atoms with E-state index in [1.807, 2.05) is 24.4 Å². The minimum Gasteiger partial charge on any atom is -0.496 e. The van der Waals surface area contributed by atoms with Gasteiger partial charge in [-0.05, 0) is 43.2 Å². The summed E-state index contributed by atoms with van der Waals surface area (Å²) in [6.07, 6.45) is 2.66. The summed E-state index contributed by atoms with van der Waals surface area (Å²) in [7, 11) is 4.94. The fourth-order valence-electron chi connectivity index (χ4n) is 4.12. The topological polar surface area (TPSA) is 97.4 Å². The van der Waals surface area contributed by atoms with E-state index in [0.29, 0.717) is 30.2 Å². The maximum Gasteiger partial charge on any atom is 0.268 e. The van der Waals surface area contributed by atoms with Gasteiger partial charge in [-0.15, -0.1) is 0 Å². The molecule has 2 aromatic heterocycles. The standard InChI is InChI=1S/C25H28N4O4/c1-15(24(30)26-12-11-16-14-27-19-8-6-5-7-17(16)19)28-25(31)20-13-18-21(32-3)9-10-22(33-4)23(18)29(20)2/h5-10,13-15,27H,11-12H2,1-4H3,(H,26,30)(H,28,31)/t15-/m1/s1. The van der Waals surface area contributed by atoms with Crippen LogP contribution in [-0.2, 0) is 18.3 Å². The monoisotopic (exact) mass is 448 g/mol. The van der Waals surface area contributed by atoms with Gasteiger partial charge in [0, 0.05) is 36.1 Å². The molecular formula is C25H28N4O4. The number of hydrogen-bond donors (Lipinski definition) is 3. The van der Waals surface area contributed by atoms with Gasteiger partial charge in [-0.1, -0.05) is 18.2 Å². The van der Waals surface area contributed by atoms with Gasteiger partial charge in [-0.3, -0.25) is 9.59 Å². The number of aryl methyl sites for hydroxylation is 1. The molecule has 0 radical (unpaired) electrons. The van der Waals surface area contributed by atoms with E-state index in [1.54, 1.807) is 51.0 Å². The first-order chi connectivity index (χ1) is 15.9. The van der Waals surface area contributed by atoms with Gasteiger partial charge < -0.3 is 29.7 Å². The normalized spacial score (nSPS) is 12.0. The molecule has 172 valence electrons. The number of nitrogens with one attached hydrogen (secondary N) is 3. The van der Waals surface area contributed by atoms with Gasteiger partial charge in [0.25, 0.3) is 5.91 Å². The highest BCUT2D eigenvalue weighted by molar-refractivity contribution is 6.03. The van der Waals surface area contributed by atoms with E-state index in [0.717, 1.165) is 27.4 Å². The molecule has 0 spiro atoms. The van der Waals surface area contributed by atoms with Crippen LogP contribution in [-0.4, -0.2) is 48.2 Å². The van der Waals surface area contributed by atoms with Crippen molar-refractivity contribution in [2.75, 3.05) is 20.8 Å². The number of hydrogen-bond acceptors (Lipinski definition) is 4. The summed E-state index contributed by atoms with van der Waals surface area (Å²) in [6, 6.07) is 12.7. The molecule has 0 saturated heterocycles. The van der Waals surface area contributed by atoms with Crippen LogP contribution < -0.4 is 20.1 Å². The summed E-state index contributed by atoms with van der Waals surface area (Å²) in [4.78, 5) is 28.8. The summed E-state index contributed by atoms with van der Waals surface area (Å²) in [6.45, 7) is 2.14. The zero-order valence-electron chi connectivity index (χ0n) is 19.2. The summed E-state index contributed by atoms with van der Waals surface area (Å²) in [5.41, 5.74) is 3.37. The van der Waals surface area contributed by atoms with E-state index in [-0.39, 0.29) is 11.8 Å². The van der Waals surface area contributed by atoms with Crippen molar-refractivity contribution in [2.45, 2.75) is 19.4 Å². The smallest absolute Gasteiger partial charge is 0.268 e. The predicted octanol–water partition coefficient (Wildman–Crippen LogP) is 3.15. The van der Waals surface area contributed by atoms with Crippen LogP contribution >= 0.6 is 0 Å². The number of carbonyl (C=O) groups is 2. The van der Waals surface area contributed by atoms with Crippen molar-refractivity contribution >= 4 is 33.6 Å². The number of ether oxygens (including phenoxy) is 2. The van der Waals surface area contributed by atoms with Crippen molar-refractivity contribution in [3.63, 3.8) is 0 Å². The fourth-order valence-corrected chi connectivity index (χ4v) is 4.12. The minimum absolute atomic E-state index is 0.239. The van der Waals surface area contributed by atoms with E-state index < -0.39 is 6.04 Å². The van der Waals surface area contributed by atoms with Crippen LogP contribution in [0, 0.1) is 0 Å². The third-order valence-electron chi connectivity index (χ3n) is 5.90. The predicted molar refractivity (Wildman–Crippen MR) is 128 cm³/mol. The van der Waals surface area contributed by atoms with Gasteiger partial charge in [0.15, 0.2) is 0 Å². The zero-order valence-corrected chi connectivity index (χ0v) is 19.2. The molecular weight excluding hydrogens is 420 g/mol. The van der Waals surface area contributed by atoms with Gasteiger partial charge in [0.1, 0.15) is 23.2 Å². The molecule has 3 N–H and O–H groups in total. The van der Waals surface area contributed by atoms with Gasteiger partial charge in [-0.2, -0.15) is 0 Å². The van der Waals surface area contributed by atoms with Crippen LogP contribution in [0.3, 0.4) is 0 Å². The lowest BCUT2D eigenvalue weighted by Gasteiger charge is -2.14. The second kappa shape index (κ2) is 9.28. The number of nitrogens with zero attached hydrogens (tertiary/aromatic N) is 1. The molecule has 4 aromatic rings. The second-order valence-electron chi connectivity index (χ2n) is 7.92. The Hall–Kier alpha value is -3.94. The number of fused-ring (bicyclic) bond motifs is 2. The third-order valence-corrected chi connectivity index (χ3v) is 5.90. The largest absolute Gasteiger partial charge is 0.496 e. The van der Waals surface area contributed by atoms with E-state index in [1.165, 1.54) is 0 Å². The van der Waals surface area contributed by atoms with Crippen molar-refractivity contribution < 1.29 is 19.1 Å². The lowest BCUT2D eigenvalue weighted by molar-refractivity contribution is -0.122. The molecule has 8 nitrogen and oxygen atoms in total. The highest BCUT2D eigenvalue weighted by Gasteiger charge is 2.22. The van der Waals surface area contributed by atoms with E-state index in [4.69, 9.17) is 9.47 Å². The lowest BCUT2D eigenvalue weighted by atomic mass is 10.1. The Balaban J connectivity index is 1.41. The van der Waals surface area contributed by atoms with Crippen LogP contribution in [0.5, 0.6) is 11.5 Å². The molecule has 0 saturated carbocycles. The Kier molecular flexibility index (Phi) is 6.26. The number of rotatable bonds is 8. The molecule has 2 heterocycles. The molecule has 0 bridgehead atoms. The number of para-hydroxylation sites is 1. The van der Waals surface area contributed by atoms with Gasteiger partial charge in [-0.25, -0.2) is 0 Å². The zero-order chi connectivity index (χ0) is 23.5. The SMILES string of the molecule is COc1ccc(OC)c2c1cc(C(=O)N[C@H](C)C(=O)NCCc1c[nH]c3ccccc13)n2C. The van der Waals surface area contributed by atoms with Crippen molar-refractivity contribution in [2.24, 2.45) is 7.05 Å². The highest BCUT2D eigenvalue weighted by atomic mass is 16.5. The maximum atomic E-state index is 13.0. The van der Waals surface area contributed by atoms with Crippen molar-refractivity contribution in [3.05, 3.63) is 59.9 Å². The first-order valence-electron chi connectivity index (χ1n) is 10.8. The molecule has 1 atom stereocenters. The third kappa shape index (κ3) is 4.24. The van der Waals surface area contributed by atoms with E-state index in [9.17, 15) is 9.59 Å². The highest BCUT2D eigenvalue weighted by Crippen LogP contribution is 2.35. The maximum absolute atomic E-state index is 13.0. The lowest BCUT2D eigenvalue weighted by Crippen LogP contribution is -2.45. The molecule has 0 aliphatic carbocycles. The summed E-state index contributed by atoms with van der Waals surface area (Å²) in [5, 5.41) is 7.60. The number of aromatic amines is 1. The molecule has 0 unspecified atom stereocenters. The van der Waals surface area contributed by atoms with Crippen molar-refractivity contribution in [1.29, 1.82) is 0 Å². The molecule has 33 heavy (non-hydrogen) atoms. The number of aromatic nitrogens is 2. The van der Waals surface area contributed by atoms with Gasteiger partial charge >= 0.3 is 0 Å². The Labute approximate surface area is 191 Å². The Bertz CT molecular complexity index is 1320. The molecule has 2 aromatic carbocycles. The Morgan fingerprint density at radius 3 is 2.55 bits per heavy atom. The molecule has 0 fully saturated rings. The molecule has 4 rings (SSSR count). The first-order valence-corrected chi connectivity index (χ1v) is 10.8. The molecule has 0 aliphatic rings. The van der Waals surface area contributed by atoms with Crippen LogP contribution in [0.4, 0.5) is 0 Å². The summed E-state index contributed by atoms with van der Waals surface area (Å²) >= 11 is 0. The Morgan fingerprint density at radius 1 is 1.06 bits per heavy atom. The first kappa shape index (κ1) is 22.3. The van der Waals surface area contributed by atoms with Gasteiger partial charge in [0.2, 0.25) is 5.91 Å². The number of benzene rings is 2. The number of amides is 2. The molecule has 0 aliphatic heterocycles. The quantitative estimate of drug-likeness (QED) is 0.386. The fraction of sp³-hybridized carbons (Fsp3) is 0.280. The number of carbonyl (C=O) groups excluding carboxylic acids is 2. The van der Waals surface area contributed by atoms with Crippen LogP contribution in [0.2, 0.25) is 0 Å².